The third-order valence-corrected chi connectivity index (χ3v) is 3.95. The topological polar surface area (TPSA) is 52.0 Å². The van der Waals surface area contributed by atoms with Gasteiger partial charge in [0.05, 0.1) is 5.69 Å². The summed E-state index contributed by atoms with van der Waals surface area (Å²) in [4.78, 5) is 4.69. The Morgan fingerprint density at radius 2 is 1.94 bits per heavy atom. The average molecular weight is 220 g/mol. The molecule has 0 radical (unpaired) electrons. The summed E-state index contributed by atoms with van der Waals surface area (Å²) >= 11 is 0. The van der Waals surface area contributed by atoms with Crippen molar-refractivity contribution in [2.24, 2.45) is 5.73 Å². The maximum Gasteiger partial charge on any atom is 0.197 e. The van der Waals surface area contributed by atoms with Gasteiger partial charge in [-0.25, -0.2) is 4.98 Å². The van der Waals surface area contributed by atoms with Crippen molar-refractivity contribution in [3.63, 3.8) is 0 Å². The van der Waals surface area contributed by atoms with Crippen LogP contribution in [0.15, 0.2) is 4.42 Å². The molecular formula is C13H20N2O. The minimum Gasteiger partial charge on any atom is -0.445 e. The summed E-state index contributed by atoms with van der Waals surface area (Å²) in [6.45, 7) is 0. The lowest BCUT2D eigenvalue weighted by atomic mass is 9.89. The van der Waals surface area contributed by atoms with Gasteiger partial charge in [0.25, 0.3) is 0 Å². The Hall–Kier alpha value is -0.830. The van der Waals surface area contributed by atoms with E-state index in [2.05, 4.69) is 4.98 Å². The molecule has 2 aliphatic rings. The van der Waals surface area contributed by atoms with E-state index in [-0.39, 0.29) is 6.04 Å². The van der Waals surface area contributed by atoms with Crippen LogP contribution in [0, 0.1) is 0 Å². The summed E-state index contributed by atoms with van der Waals surface area (Å²) in [5, 5.41) is 0. The Bertz CT molecular complexity index is 366. The van der Waals surface area contributed by atoms with Crippen LogP contribution >= 0.6 is 0 Å². The summed E-state index contributed by atoms with van der Waals surface area (Å²) in [7, 11) is 0. The minimum atomic E-state index is 0.277. The normalized spacial score (nSPS) is 26.7. The molecule has 1 atom stereocenters. The molecule has 16 heavy (non-hydrogen) atoms. The van der Waals surface area contributed by atoms with E-state index in [1.165, 1.54) is 37.8 Å². The summed E-state index contributed by atoms with van der Waals surface area (Å²) in [5.41, 5.74) is 7.13. The zero-order valence-corrected chi connectivity index (χ0v) is 9.74. The smallest absolute Gasteiger partial charge is 0.197 e. The minimum absolute atomic E-state index is 0.277. The van der Waals surface area contributed by atoms with Crippen LogP contribution in [0.5, 0.6) is 0 Å². The second-order valence-corrected chi connectivity index (χ2v) is 5.26. The Morgan fingerprint density at radius 3 is 2.75 bits per heavy atom. The van der Waals surface area contributed by atoms with Crippen LogP contribution in [0.1, 0.15) is 61.8 Å². The average Bonchev–Trinajstić information content (AvgIpc) is 2.73. The third kappa shape index (κ3) is 1.88. The number of aromatic nitrogens is 1. The van der Waals surface area contributed by atoms with Gasteiger partial charge in [-0.1, -0.05) is 19.3 Å². The summed E-state index contributed by atoms with van der Waals surface area (Å²) in [6, 6.07) is 0.277. The second-order valence-electron chi connectivity index (χ2n) is 5.26. The van der Waals surface area contributed by atoms with E-state index in [1.54, 1.807) is 0 Å². The summed E-state index contributed by atoms with van der Waals surface area (Å²) in [6.07, 6.45) is 9.50. The highest BCUT2D eigenvalue weighted by Crippen LogP contribution is 2.34. The number of nitrogens with zero attached hydrogens (tertiary/aromatic N) is 1. The number of oxazole rings is 1. The number of fused-ring (bicyclic) bond motifs is 1. The number of hydrogen-bond donors (Lipinski definition) is 1. The highest BCUT2D eigenvalue weighted by molar-refractivity contribution is 5.16. The lowest BCUT2D eigenvalue weighted by molar-refractivity contribution is 0.345. The fourth-order valence-electron chi connectivity index (χ4n) is 2.94. The Balaban J connectivity index is 1.80. The first kappa shape index (κ1) is 10.3. The molecular weight excluding hydrogens is 200 g/mol. The van der Waals surface area contributed by atoms with Crippen LogP contribution in [0.3, 0.4) is 0 Å². The molecule has 0 aromatic carbocycles. The Labute approximate surface area is 96.4 Å². The monoisotopic (exact) mass is 220 g/mol. The molecule has 88 valence electrons. The quantitative estimate of drug-likeness (QED) is 0.791. The van der Waals surface area contributed by atoms with Crippen molar-refractivity contribution in [3.8, 4) is 0 Å². The number of hydrogen-bond acceptors (Lipinski definition) is 3. The van der Waals surface area contributed by atoms with Gasteiger partial charge >= 0.3 is 0 Å². The van der Waals surface area contributed by atoms with Crippen molar-refractivity contribution >= 4 is 0 Å². The van der Waals surface area contributed by atoms with Crippen molar-refractivity contribution < 1.29 is 4.42 Å². The van der Waals surface area contributed by atoms with Gasteiger partial charge in [-0.05, 0) is 25.7 Å². The molecule has 1 aromatic heterocycles. The molecule has 0 amide bonds. The summed E-state index contributed by atoms with van der Waals surface area (Å²) < 4.78 is 5.92. The lowest BCUT2D eigenvalue weighted by Crippen LogP contribution is -2.27. The van der Waals surface area contributed by atoms with Crippen LogP contribution in [-0.2, 0) is 12.8 Å². The molecule has 0 bridgehead atoms. The van der Waals surface area contributed by atoms with Crippen LogP contribution in [0.2, 0.25) is 0 Å². The van der Waals surface area contributed by atoms with Gasteiger partial charge in [-0.3, -0.25) is 0 Å². The molecule has 0 saturated heterocycles. The zero-order chi connectivity index (χ0) is 11.0. The molecule has 1 fully saturated rings. The van der Waals surface area contributed by atoms with Gasteiger partial charge < -0.3 is 10.2 Å². The van der Waals surface area contributed by atoms with E-state index >= 15 is 0 Å². The van der Waals surface area contributed by atoms with Gasteiger partial charge in [-0.2, -0.15) is 0 Å². The number of aryl methyl sites for hydroxylation is 1. The van der Waals surface area contributed by atoms with Crippen molar-refractivity contribution in [1.82, 2.24) is 4.98 Å². The molecule has 1 aromatic rings. The molecule has 0 spiro atoms. The Kier molecular flexibility index (Phi) is 2.72. The fraction of sp³-hybridized carbons (Fsp3) is 0.769. The molecule has 2 aliphatic carbocycles. The molecule has 1 heterocycles. The van der Waals surface area contributed by atoms with Crippen molar-refractivity contribution in [3.05, 3.63) is 17.3 Å². The number of nitrogens with two attached hydrogens (primary N) is 1. The van der Waals surface area contributed by atoms with E-state index in [9.17, 15) is 0 Å². The molecule has 3 heteroatoms. The maximum absolute atomic E-state index is 5.95. The van der Waals surface area contributed by atoms with E-state index in [0.717, 1.165) is 30.9 Å². The van der Waals surface area contributed by atoms with Crippen molar-refractivity contribution in [2.75, 3.05) is 0 Å². The molecule has 0 aliphatic heterocycles. The largest absolute Gasteiger partial charge is 0.445 e. The standard InChI is InChI=1S/C13H20N2O/c14-10-6-7-11-12(8-10)16-13(15-11)9-4-2-1-3-5-9/h9-10H,1-8,14H2. The lowest BCUT2D eigenvalue weighted by Gasteiger charge is -2.18. The van der Waals surface area contributed by atoms with Gasteiger partial charge in [0.15, 0.2) is 5.89 Å². The van der Waals surface area contributed by atoms with Gasteiger partial charge in [0.2, 0.25) is 0 Å². The fourth-order valence-corrected chi connectivity index (χ4v) is 2.94. The first-order chi connectivity index (χ1) is 7.83. The zero-order valence-electron chi connectivity index (χ0n) is 9.74. The molecule has 3 rings (SSSR count). The van der Waals surface area contributed by atoms with Gasteiger partial charge in [-0.15, -0.1) is 0 Å². The van der Waals surface area contributed by atoms with E-state index in [1.807, 2.05) is 0 Å². The van der Waals surface area contributed by atoms with E-state index in [0.29, 0.717) is 5.92 Å². The predicted molar refractivity (Wildman–Crippen MR) is 62.3 cm³/mol. The number of rotatable bonds is 1. The van der Waals surface area contributed by atoms with Crippen LogP contribution in [0.4, 0.5) is 0 Å². The highest BCUT2D eigenvalue weighted by atomic mass is 16.4. The van der Waals surface area contributed by atoms with Gasteiger partial charge in [0, 0.05) is 18.4 Å². The first-order valence-corrected chi connectivity index (χ1v) is 6.57. The maximum atomic E-state index is 5.95. The Morgan fingerprint density at radius 1 is 1.12 bits per heavy atom. The third-order valence-electron chi connectivity index (χ3n) is 3.95. The SMILES string of the molecule is NC1CCc2nc(C3CCCCC3)oc2C1. The van der Waals surface area contributed by atoms with E-state index < -0.39 is 0 Å². The second kappa shape index (κ2) is 4.21. The molecule has 3 nitrogen and oxygen atoms in total. The highest BCUT2D eigenvalue weighted by Gasteiger charge is 2.26. The van der Waals surface area contributed by atoms with Crippen LogP contribution in [-0.4, -0.2) is 11.0 Å². The summed E-state index contributed by atoms with van der Waals surface area (Å²) in [5.74, 6) is 2.65. The van der Waals surface area contributed by atoms with Crippen LogP contribution < -0.4 is 5.73 Å². The molecule has 1 saturated carbocycles. The first-order valence-electron chi connectivity index (χ1n) is 6.57. The predicted octanol–water partition coefficient (Wildman–Crippen LogP) is 2.54. The molecule has 1 unspecified atom stereocenters. The van der Waals surface area contributed by atoms with Crippen LogP contribution in [0.25, 0.3) is 0 Å². The van der Waals surface area contributed by atoms with E-state index in [4.69, 9.17) is 10.2 Å². The molecule has 2 N–H and O–H groups in total. The van der Waals surface area contributed by atoms with Crippen molar-refractivity contribution in [2.45, 2.75) is 63.3 Å². The van der Waals surface area contributed by atoms with Gasteiger partial charge in [0.1, 0.15) is 5.76 Å². The van der Waals surface area contributed by atoms with Crippen molar-refractivity contribution in [1.29, 1.82) is 0 Å².